The van der Waals surface area contributed by atoms with E-state index in [1.54, 1.807) is 0 Å². The van der Waals surface area contributed by atoms with Gasteiger partial charge in [-0.25, -0.2) is 0 Å². The molecule has 0 aliphatic carbocycles. The monoisotopic (exact) mass is 230 g/mol. The third kappa shape index (κ3) is 3.55. The molecule has 0 radical (unpaired) electrons. The number of hydrogen-bond donors (Lipinski definition) is 0. The molecule has 1 aliphatic rings. The summed E-state index contributed by atoms with van der Waals surface area (Å²) in [6, 6.07) is 0. The van der Waals surface area contributed by atoms with Gasteiger partial charge in [0.2, 0.25) is 0 Å². The lowest BCUT2D eigenvalue weighted by molar-refractivity contribution is 0.102. The van der Waals surface area contributed by atoms with Crippen LogP contribution >= 0.6 is 15.9 Å². The maximum absolute atomic E-state index is 5.05. The number of ether oxygens (including phenoxy) is 1. The maximum atomic E-state index is 5.05. The van der Waals surface area contributed by atoms with Gasteiger partial charge in [0.05, 0.1) is 13.2 Å². The highest BCUT2D eigenvalue weighted by Crippen LogP contribution is 2.12. The summed E-state index contributed by atoms with van der Waals surface area (Å²) in [7, 11) is 0. The Kier molecular flexibility index (Phi) is 4.62. The predicted molar refractivity (Wildman–Crippen MR) is 55.7 cm³/mol. The van der Waals surface area contributed by atoms with Crippen LogP contribution in [0, 0.1) is 0 Å². The van der Waals surface area contributed by atoms with Crippen molar-refractivity contribution in [2.75, 3.05) is 18.5 Å². The minimum absolute atomic E-state index is 0.862. The van der Waals surface area contributed by atoms with Crippen LogP contribution in [0.1, 0.15) is 19.8 Å². The highest BCUT2D eigenvalue weighted by Gasteiger charge is 2.06. The Morgan fingerprint density at radius 3 is 2.83 bits per heavy atom. The zero-order chi connectivity index (χ0) is 8.81. The molecule has 0 unspecified atom stereocenters. The summed E-state index contributed by atoms with van der Waals surface area (Å²) >= 11 is 3.38. The van der Waals surface area contributed by atoms with Crippen molar-refractivity contribution in [2.24, 2.45) is 0 Å². The predicted octanol–water partition coefficient (Wildman–Crippen LogP) is 3.06. The molecule has 0 saturated carbocycles. The molecule has 2 heteroatoms. The molecule has 0 bridgehead atoms. The van der Waals surface area contributed by atoms with E-state index in [0.717, 1.165) is 25.0 Å². The summed E-state index contributed by atoms with van der Waals surface area (Å²) in [6.07, 6.45) is 6.86. The molecule has 0 aromatic heterocycles. The highest BCUT2D eigenvalue weighted by molar-refractivity contribution is 9.09. The van der Waals surface area contributed by atoms with Gasteiger partial charge >= 0.3 is 0 Å². The highest BCUT2D eigenvalue weighted by atomic mass is 79.9. The van der Waals surface area contributed by atoms with Gasteiger partial charge in [-0.2, -0.15) is 0 Å². The molecule has 0 atom stereocenters. The Hall–Kier alpha value is -0.0800. The molecule has 1 nitrogen and oxygen atoms in total. The van der Waals surface area contributed by atoms with E-state index in [2.05, 4.69) is 35.0 Å². The first kappa shape index (κ1) is 10.0. The van der Waals surface area contributed by atoms with Crippen molar-refractivity contribution in [3.63, 3.8) is 0 Å². The van der Waals surface area contributed by atoms with Crippen LogP contribution in [0.5, 0.6) is 0 Å². The second-order valence-corrected chi connectivity index (χ2v) is 3.75. The zero-order valence-corrected chi connectivity index (χ0v) is 9.06. The lowest BCUT2D eigenvalue weighted by atomic mass is 10.1. The first-order valence-corrected chi connectivity index (χ1v) is 5.42. The molecule has 1 saturated heterocycles. The van der Waals surface area contributed by atoms with Crippen molar-refractivity contribution >= 4 is 15.9 Å². The zero-order valence-electron chi connectivity index (χ0n) is 7.48. The largest absolute Gasteiger partial charge is 0.373 e. The van der Waals surface area contributed by atoms with Gasteiger partial charge in [-0.3, -0.25) is 0 Å². The third-order valence-electron chi connectivity index (χ3n) is 1.97. The Morgan fingerprint density at radius 1 is 1.58 bits per heavy atom. The van der Waals surface area contributed by atoms with Crippen molar-refractivity contribution in [3.05, 3.63) is 23.3 Å². The molecule has 1 heterocycles. The van der Waals surface area contributed by atoms with Gasteiger partial charge in [0.15, 0.2) is 0 Å². The summed E-state index contributed by atoms with van der Waals surface area (Å²) in [5.74, 6) is 0. The lowest BCUT2D eigenvalue weighted by Gasteiger charge is -2.17. The van der Waals surface area contributed by atoms with Crippen LogP contribution in [0.3, 0.4) is 0 Å². The van der Waals surface area contributed by atoms with Crippen molar-refractivity contribution in [3.8, 4) is 0 Å². The summed E-state index contributed by atoms with van der Waals surface area (Å²) in [5, 5.41) is 0.971. The molecule has 0 aromatic carbocycles. The number of halogens is 1. The molecule has 1 rings (SSSR count). The van der Waals surface area contributed by atoms with E-state index in [1.165, 1.54) is 17.6 Å². The van der Waals surface area contributed by atoms with Crippen LogP contribution in [0.4, 0.5) is 0 Å². The smallest absolute Gasteiger partial charge is 0.0703 e. The SMILES string of the molecule is C/C(=C\CBr)CCC=C1COC1. The average molecular weight is 231 g/mol. The van der Waals surface area contributed by atoms with Crippen LogP contribution < -0.4 is 0 Å². The minimum Gasteiger partial charge on any atom is -0.373 e. The van der Waals surface area contributed by atoms with Gasteiger partial charge in [-0.05, 0) is 25.3 Å². The van der Waals surface area contributed by atoms with Crippen LogP contribution in [-0.2, 0) is 4.74 Å². The second-order valence-electron chi connectivity index (χ2n) is 3.10. The molecule has 1 fully saturated rings. The minimum atomic E-state index is 0.862. The molecule has 0 amide bonds. The fourth-order valence-corrected chi connectivity index (χ4v) is 1.63. The summed E-state index contributed by atoms with van der Waals surface area (Å²) in [5.41, 5.74) is 2.92. The number of rotatable bonds is 4. The van der Waals surface area contributed by atoms with Crippen molar-refractivity contribution < 1.29 is 4.74 Å². The Morgan fingerprint density at radius 2 is 2.33 bits per heavy atom. The van der Waals surface area contributed by atoms with Gasteiger partial charge < -0.3 is 4.74 Å². The fourth-order valence-electron chi connectivity index (χ4n) is 1.08. The summed E-state index contributed by atoms with van der Waals surface area (Å²) in [4.78, 5) is 0. The van der Waals surface area contributed by atoms with E-state index in [9.17, 15) is 0 Å². The first-order valence-electron chi connectivity index (χ1n) is 4.30. The Labute approximate surface area is 82.6 Å². The van der Waals surface area contributed by atoms with Crippen LogP contribution in [0.2, 0.25) is 0 Å². The normalized spacial score (nSPS) is 17.5. The lowest BCUT2D eigenvalue weighted by Crippen LogP contribution is -2.15. The van der Waals surface area contributed by atoms with Crippen LogP contribution in [-0.4, -0.2) is 18.5 Å². The summed E-state index contributed by atoms with van der Waals surface area (Å²) in [6.45, 7) is 3.90. The topological polar surface area (TPSA) is 9.23 Å². The third-order valence-corrected chi connectivity index (χ3v) is 2.30. The van der Waals surface area contributed by atoms with Gasteiger partial charge in [0.1, 0.15) is 0 Å². The molecule has 68 valence electrons. The van der Waals surface area contributed by atoms with Crippen LogP contribution in [0.15, 0.2) is 23.3 Å². The van der Waals surface area contributed by atoms with E-state index < -0.39 is 0 Å². The average Bonchev–Trinajstić information content (AvgIpc) is 1.95. The van der Waals surface area contributed by atoms with E-state index in [0.29, 0.717) is 0 Å². The van der Waals surface area contributed by atoms with Gasteiger partial charge in [-0.1, -0.05) is 33.7 Å². The quantitative estimate of drug-likeness (QED) is 0.533. The molecular weight excluding hydrogens is 216 g/mol. The Bertz CT molecular complexity index is 188. The van der Waals surface area contributed by atoms with E-state index in [4.69, 9.17) is 4.74 Å². The van der Waals surface area contributed by atoms with Crippen molar-refractivity contribution in [2.45, 2.75) is 19.8 Å². The number of hydrogen-bond acceptors (Lipinski definition) is 1. The standard InChI is InChI=1S/C10H15BrO/c1-9(5-6-11)3-2-4-10-7-12-8-10/h4-5H,2-3,6-8H2,1H3/b9-5+. The Balaban J connectivity index is 2.12. The van der Waals surface area contributed by atoms with Gasteiger partial charge in [-0.15, -0.1) is 0 Å². The molecular formula is C10H15BrO. The maximum Gasteiger partial charge on any atom is 0.0703 e. The van der Waals surface area contributed by atoms with Gasteiger partial charge in [0, 0.05) is 5.33 Å². The first-order chi connectivity index (χ1) is 5.83. The number of alkyl halides is 1. The molecule has 0 spiro atoms. The van der Waals surface area contributed by atoms with E-state index in [1.807, 2.05) is 0 Å². The molecule has 0 aromatic rings. The molecule has 0 N–H and O–H groups in total. The second kappa shape index (κ2) is 5.55. The molecule has 1 aliphatic heterocycles. The fraction of sp³-hybridized carbons (Fsp3) is 0.600. The van der Waals surface area contributed by atoms with Crippen molar-refractivity contribution in [1.29, 1.82) is 0 Å². The molecule has 12 heavy (non-hydrogen) atoms. The summed E-state index contributed by atoms with van der Waals surface area (Å²) < 4.78 is 5.05. The van der Waals surface area contributed by atoms with Crippen LogP contribution in [0.25, 0.3) is 0 Å². The number of allylic oxidation sites excluding steroid dienone is 3. The van der Waals surface area contributed by atoms with Crippen molar-refractivity contribution in [1.82, 2.24) is 0 Å². The van der Waals surface area contributed by atoms with E-state index >= 15 is 0 Å². The van der Waals surface area contributed by atoms with Gasteiger partial charge in [0.25, 0.3) is 0 Å². The van der Waals surface area contributed by atoms with E-state index in [-0.39, 0.29) is 0 Å².